The van der Waals surface area contributed by atoms with Crippen molar-refractivity contribution in [2.24, 2.45) is 0 Å². The Bertz CT molecular complexity index is 573. The zero-order valence-corrected chi connectivity index (χ0v) is 12.9. The molecule has 5 nitrogen and oxygen atoms in total. The average Bonchev–Trinajstić information content (AvgIpc) is 3.03. The molecule has 0 fully saturated rings. The maximum atomic E-state index is 11.9. The van der Waals surface area contributed by atoms with Crippen LogP contribution in [-0.2, 0) is 6.42 Å². The molecule has 0 atom stereocenters. The molecule has 1 N–H and O–H groups in total. The standard InChI is InChI=1S/C14H20N4OS/c1-10(2)18-8-6-12(17-18)14(19)15-7-4-5-13-16-11(3)9-20-13/h6,8-10H,4-5,7H2,1-3H3,(H,15,19). The Morgan fingerprint density at radius 2 is 2.30 bits per heavy atom. The molecule has 0 aromatic carbocycles. The van der Waals surface area contributed by atoms with Gasteiger partial charge in [-0.05, 0) is 33.3 Å². The van der Waals surface area contributed by atoms with E-state index in [-0.39, 0.29) is 11.9 Å². The Labute approximate surface area is 123 Å². The fourth-order valence-electron chi connectivity index (χ4n) is 1.80. The van der Waals surface area contributed by atoms with Gasteiger partial charge in [0.1, 0.15) is 5.69 Å². The molecular weight excluding hydrogens is 272 g/mol. The van der Waals surface area contributed by atoms with Crippen molar-refractivity contribution in [1.82, 2.24) is 20.1 Å². The van der Waals surface area contributed by atoms with Crippen LogP contribution >= 0.6 is 11.3 Å². The second-order valence-corrected chi connectivity index (χ2v) is 5.96. The van der Waals surface area contributed by atoms with Crippen molar-refractivity contribution in [1.29, 1.82) is 0 Å². The highest BCUT2D eigenvalue weighted by molar-refractivity contribution is 7.09. The molecule has 20 heavy (non-hydrogen) atoms. The summed E-state index contributed by atoms with van der Waals surface area (Å²) in [5, 5.41) is 10.3. The van der Waals surface area contributed by atoms with Gasteiger partial charge < -0.3 is 5.32 Å². The smallest absolute Gasteiger partial charge is 0.271 e. The number of carbonyl (C=O) groups excluding carboxylic acids is 1. The van der Waals surface area contributed by atoms with Crippen LogP contribution in [0.25, 0.3) is 0 Å². The molecule has 2 aromatic rings. The number of carbonyl (C=O) groups is 1. The molecule has 0 saturated carbocycles. The first-order chi connectivity index (χ1) is 9.56. The molecule has 0 bridgehead atoms. The number of aromatic nitrogens is 3. The molecule has 2 aromatic heterocycles. The normalized spacial score (nSPS) is 11.0. The van der Waals surface area contributed by atoms with Gasteiger partial charge in [0.05, 0.1) is 5.01 Å². The molecule has 0 aliphatic carbocycles. The van der Waals surface area contributed by atoms with Crippen LogP contribution in [0.3, 0.4) is 0 Å². The lowest BCUT2D eigenvalue weighted by molar-refractivity contribution is 0.0947. The SMILES string of the molecule is Cc1csc(CCCNC(=O)c2ccn(C(C)C)n2)n1. The number of thiazole rings is 1. The van der Waals surface area contributed by atoms with E-state index in [1.165, 1.54) is 0 Å². The first kappa shape index (κ1) is 14.7. The minimum Gasteiger partial charge on any atom is -0.351 e. The van der Waals surface area contributed by atoms with Crippen LogP contribution < -0.4 is 5.32 Å². The van der Waals surface area contributed by atoms with Gasteiger partial charge in [-0.15, -0.1) is 11.3 Å². The van der Waals surface area contributed by atoms with Gasteiger partial charge in [-0.25, -0.2) is 4.98 Å². The topological polar surface area (TPSA) is 59.8 Å². The lowest BCUT2D eigenvalue weighted by Gasteiger charge is -2.04. The number of hydrogen-bond donors (Lipinski definition) is 1. The van der Waals surface area contributed by atoms with E-state index in [0.29, 0.717) is 12.2 Å². The van der Waals surface area contributed by atoms with Crippen LogP contribution in [0.15, 0.2) is 17.6 Å². The van der Waals surface area contributed by atoms with Gasteiger partial charge in [0.15, 0.2) is 0 Å². The predicted octanol–water partition coefficient (Wildman–Crippen LogP) is 2.59. The summed E-state index contributed by atoms with van der Waals surface area (Å²) in [6.07, 6.45) is 3.63. The van der Waals surface area contributed by atoms with E-state index in [2.05, 4.69) is 15.4 Å². The van der Waals surface area contributed by atoms with Crippen molar-refractivity contribution in [3.8, 4) is 0 Å². The molecule has 2 heterocycles. The van der Waals surface area contributed by atoms with Gasteiger partial charge in [0.25, 0.3) is 5.91 Å². The van der Waals surface area contributed by atoms with Gasteiger partial charge >= 0.3 is 0 Å². The van der Waals surface area contributed by atoms with E-state index in [4.69, 9.17) is 0 Å². The predicted molar refractivity (Wildman–Crippen MR) is 80.1 cm³/mol. The molecule has 2 rings (SSSR count). The van der Waals surface area contributed by atoms with E-state index in [1.807, 2.05) is 32.3 Å². The minimum absolute atomic E-state index is 0.111. The zero-order chi connectivity index (χ0) is 14.5. The summed E-state index contributed by atoms with van der Waals surface area (Å²) in [7, 11) is 0. The highest BCUT2D eigenvalue weighted by Gasteiger charge is 2.10. The monoisotopic (exact) mass is 292 g/mol. The number of nitrogens with one attached hydrogen (secondary N) is 1. The molecule has 0 unspecified atom stereocenters. The lowest BCUT2D eigenvalue weighted by Crippen LogP contribution is -2.25. The second kappa shape index (κ2) is 6.65. The van der Waals surface area contributed by atoms with Gasteiger partial charge in [-0.1, -0.05) is 0 Å². The van der Waals surface area contributed by atoms with Gasteiger partial charge in [0.2, 0.25) is 0 Å². The van der Waals surface area contributed by atoms with E-state index in [0.717, 1.165) is 23.5 Å². The number of rotatable bonds is 6. The molecule has 0 aliphatic rings. The summed E-state index contributed by atoms with van der Waals surface area (Å²) >= 11 is 1.67. The van der Waals surface area contributed by atoms with E-state index >= 15 is 0 Å². The summed E-state index contributed by atoms with van der Waals surface area (Å²) in [4.78, 5) is 16.3. The highest BCUT2D eigenvalue weighted by atomic mass is 32.1. The first-order valence-corrected chi connectivity index (χ1v) is 7.68. The quantitative estimate of drug-likeness (QED) is 0.833. The fourth-order valence-corrected chi connectivity index (χ4v) is 2.61. The number of aryl methyl sites for hydroxylation is 2. The van der Waals surface area contributed by atoms with Crippen LogP contribution in [0.1, 0.15) is 47.5 Å². The zero-order valence-electron chi connectivity index (χ0n) is 12.1. The summed E-state index contributed by atoms with van der Waals surface area (Å²) < 4.78 is 1.78. The van der Waals surface area contributed by atoms with Gasteiger partial charge in [0, 0.05) is 36.3 Å². The average molecular weight is 292 g/mol. The summed E-state index contributed by atoms with van der Waals surface area (Å²) in [6, 6.07) is 2.02. The van der Waals surface area contributed by atoms with Crippen molar-refractivity contribution in [3.63, 3.8) is 0 Å². The molecule has 108 valence electrons. The molecule has 0 aliphatic heterocycles. The molecule has 0 radical (unpaired) electrons. The molecule has 1 amide bonds. The third-order valence-electron chi connectivity index (χ3n) is 2.89. The Hall–Kier alpha value is -1.69. The van der Waals surface area contributed by atoms with Crippen molar-refractivity contribution in [3.05, 3.63) is 34.0 Å². The molecule has 6 heteroatoms. The van der Waals surface area contributed by atoms with Crippen LogP contribution in [0, 0.1) is 6.92 Å². The van der Waals surface area contributed by atoms with Crippen molar-refractivity contribution >= 4 is 17.2 Å². The fraction of sp³-hybridized carbons (Fsp3) is 0.500. The number of hydrogen-bond acceptors (Lipinski definition) is 4. The first-order valence-electron chi connectivity index (χ1n) is 6.80. The molecule has 0 saturated heterocycles. The Kier molecular flexibility index (Phi) is 4.89. The van der Waals surface area contributed by atoms with E-state index in [1.54, 1.807) is 22.1 Å². The maximum Gasteiger partial charge on any atom is 0.271 e. The molecular formula is C14H20N4OS. The Morgan fingerprint density at radius 3 is 2.90 bits per heavy atom. The third-order valence-corrected chi connectivity index (χ3v) is 3.92. The Morgan fingerprint density at radius 1 is 1.50 bits per heavy atom. The molecule has 0 spiro atoms. The van der Waals surface area contributed by atoms with Crippen LogP contribution in [-0.4, -0.2) is 27.2 Å². The van der Waals surface area contributed by atoms with Crippen molar-refractivity contribution in [2.75, 3.05) is 6.54 Å². The Balaban J connectivity index is 1.74. The summed E-state index contributed by atoms with van der Waals surface area (Å²) in [5.74, 6) is -0.111. The van der Waals surface area contributed by atoms with Crippen LogP contribution in [0.5, 0.6) is 0 Å². The van der Waals surface area contributed by atoms with Crippen molar-refractivity contribution < 1.29 is 4.79 Å². The van der Waals surface area contributed by atoms with Crippen LogP contribution in [0.2, 0.25) is 0 Å². The second-order valence-electron chi connectivity index (χ2n) is 5.02. The largest absolute Gasteiger partial charge is 0.351 e. The maximum absolute atomic E-state index is 11.9. The summed E-state index contributed by atoms with van der Waals surface area (Å²) in [6.45, 7) is 6.70. The van der Waals surface area contributed by atoms with Crippen molar-refractivity contribution in [2.45, 2.75) is 39.7 Å². The van der Waals surface area contributed by atoms with E-state index in [9.17, 15) is 4.79 Å². The van der Waals surface area contributed by atoms with Crippen LogP contribution in [0.4, 0.5) is 0 Å². The highest BCUT2D eigenvalue weighted by Crippen LogP contribution is 2.10. The summed E-state index contributed by atoms with van der Waals surface area (Å²) in [5.41, 5.74) is 1.54. The third kappa shape index (κ3) is 3.90. The number of nitrogens with zero attached hydrogens (tertiary/aromatic N) is 3. The van der Waals surface area contributed by atoms with Gasteiger partial charge in [-0.2, -0.15) is 5.10 Å². The minimum atomic E-state index is -0.111. The van der Waals surface area contributed by atoms with E-state index < -0.39 is 0 Å². The van der Waals surface area contributed by atoms with Gasteiger partial charge in [-0.3, -0.25) is 9.48 Å². The number of amides is 1. The lowest BCUT2D eigenvalue weighted by atomic mass is 10.3.